The predicted molar refractivity (Wildman–Crippen MR) is 159 cm³/mol. The van der Waals surface area contributed by atoms with Crippen LogP contribution in [0.2, 0.25) is 0 Å². The highest BCUT2D eigenvalue weighted by molar-refractivity contribution is 5.96. The van der Waals surface area contributed by atoms with Gasteiger partial charge in [0.1, 0.15) is 34.9 Å². The van der Waals surface area contributed by atoms with Crippen molar-refractivity contribution in [3.8, 4) is 28.4 Å². The molecule has 7 rings (SSSR count). The van der Waals surface area contributed by atoms with E-state index in [1.54, 1.807) is 71.8 Å². The number of methoxy groups -OCH3 is 1. The fraction of sp³-hybridized carbons (Fsp3) is 0.242. The summed E-state index contributed by atoms with van der Waals surface area (Å²) in [5.41, 5.74) is 2.28. The average molecular weight is 599 g/mol. The number of aromatic nitrogens is 1. The smallest absolute Gasteiger partial charge is 0.270 e. The van der Waals surface area contributed by atoms with Gasteiger partial charge in [-0.1, -0.05) is 18.2 Å². The van der Waals surface area contributed by atoms with Gasteiger partial charge in [0.2, 0.25) is 0 Å². The van der Waals surface area contributed by atoms with Crippen molar-refractivity contribution in [2.75, 3.05) is 26.8 Å². The van der Waals surface area contributed by atoms with Gasteiger partial charge in [-0.2, -0.15) is 0 Å². The Kier molecular flexibility index (Phi) is 8.18. The first-order chi connectivity index (χ1) is 21.4. The molecule has 3 aromatic carbocycles. The zero-order valence-electron chi connectivity index (χ0n) is 24.0. The molecule has 2 atom stereocenters. The molecule has 1 saturated heterocycles. The lowest BCUT2D eigenvalue weighted by Crippen LogP contribution is -2.58. The zero-order valence-corrected chi connectivity index (χ0v) is 24.0. The lowest BCUT2D eigenvalue weighted by Gasteiger charge is -2.38. The second-order valence-corrected chi connectivity index (χ2v) is 10.6. The van der Waals surface area contributed by atoms with Crippen molar-refractivity contribution in [2.45, 2.75) is 25.1 Å². The van der Waals surface area contributed by atoms with Crippen LogP contribution in [0.4, 0.5) is 4.39 Å². The van der Waals surface area contributed by atoms with Crippen molar-refractivity contribution < 1.29 is 33.0 Å². The van der Waals surface area contributed by atoms with Crippen molar-refractivity contribution in [3.63, 3.8) is 0 Å². The lowest BCUT2D eigenvalue weighted by molar-refractivity contribution is -0.123. The molecule has 0 saturated carbocycles. The van der Waals surface area contributed by atoms with Crippen molar-refractivity contribution in [2.24, 2.45) is 0 Å². The summed E-state index contributed by atoms with van der Waals surface area (Å²) in [7, 11) is 1.52. The first-order valence-electron chi connectivity index (χ1n) is 14.2. The summed E-state index contributed by atoms with van der Waals surface area (Å²) in [6.45, 7) is 0.535. The van der Waals surface area contributed by atoms with Crippen LogP contribution in [0.25, 0.3) is 11.1 Å². The monoisotopic (exact) mass is 598 g/mol. The number of ether oxygens (including phenoxy) is 3. The van der Waals surface area contributed by atoms with Crippen LogP contribution in [0.3, 0.4) is 0 Å². The van der Waals surface area contributed by atoms with E-state index in [4.69, 9.17) is 14.2 Å². The molecule has 226 valence electrons. The van der Waals surface area contributed by atoms with Gasteiger partial charge in [-0.05, 0) is 59.7 Å². The van der Waals surface area contributed by atoms with E-state index in [0.717, 1.165) is 5.56 Å². The lowest BCUT2D eigenvalue weighted by atomic mass is 9.99. The Balaban J connectivity index is 1.36. The van der Waals surface area contributed by atoms with Gasteiger partial charge in [0, 0.05) is 43.9 Å². The fourth-order valence-corrected chi connectivity index (χ4v) is 5.43. The molecule has 3 amide bonds. The van der Waals surface area contributed by atoms with Gasteiger partial charge >= 0.3 is 0 Å². The van der Waals surface area contributed by atoms with E-state index in [2.05, 4.69) is 15.6 Å². The van der Waals surface area contributed by atoms with Crippen LogP contribution in [0, 0.1) is 5.82 Å². The number of aromatic amines is 1. The Morgan fingerprint density at radius 3 is 2.68 bits per heavy atom. The summed E-state index contributed by atoms with van der Waals surface area (Å²) in [6, 6.07) is 19.3. The van der Waals surface area contributed by atoms with E-state index in [1.807, 2.05) is 0 Å². The second-order valence-electron chi connectivity index (χ2n) is 10.6. The summed E-state index contributed by atoms with van der Waals surface area (Å²) in [6.07, 6.45) is 1.55. The van der Waals surface area contributed by atoms with Crippen LogP contribution in [-0.4, -0.2) is 66.6 Å². The van der Waals surface area contributed by atoms with Crippen LogP contribution in [0.5, 0.6) is 17.2 Å². The minimum Gasteiger partial charge on any atom is -0.496 e. The standard InChI is InChI=1S/C33H31FN4O6/c1-42-30-16-24-9-7-22(30)17-36-31(39)19-43-23-5-2-4-20(14-23)21-8-10-26(34)25(15-21)32(40)37-28-18-38(13-11-29(28)44-24)33(41)27-6-3-12-35-27/h2-10,12,14-16,28-29,35H,11,13,17-19H2,1H3,(H,36,39)(H,37,40)/t28-,29+/m1/s1. The van der Waals surface area contributed by atoms with E-state index in [9.17, 15) is 14.4 Å². The Labute approximate surface area is 253 Å². The number of hydrogen-bond donors (Lipinski definition) is 3. The third kappa shape index (κ3) is 6.22. The summed E-state index contributed by atoms with van der Waals surface area (Å²) in [5, 5.41) is 5.78. The fourth-order valence-electron chi connectivity index (χ4n) is 5.43. The normalized spacial score (nSPS) is 18.6. The predicted octanol–water partition coefficient (Wildman–Crippen LogP) is 3.93. The minimum atomic E-state index is -0.689. The van der Waals surface area contributed by atoms with E-state index >= 15 is 4.39 Å². The van der Waals surface area contributed by atoms with Crippen molar-refractivity contribution in [3.05, 3.63) is 102 Å². The number of benzene rings is 3. The highest BCUT2D eigenvalue weighted by Crippen LogP contribution is 2.29. The van der Waals surface area contributed by atoms with E-state index in [0.29, 0.717) is 47.0 Å². The number of hydrogen-bond acceptors (Lipinski definition) is 6. The average Bonchev–Trinajstić information content (AvgIpc) is 3.59. The summed E-state index contributed by atoms with van der Waals surface area (Å²) >= 11 is 0. The molecule has 3 N–H and O–H groups in total. The molecule has 0 unspecified atom stereocenters. The number of nitrogens with one attached hydrogen (secondary N) is 3. The van der Waals surface area contributed by atoms with Gasteiger partial charge in [-0.15, -0.1) is 0 Å². The van der Waals surface area contributed by atoms with Crippen LogP contribution >= 0.6 is 0 Å². The molecule has 3 aliphatic rings. The summed E-state index contributed by atoms with van der Waals surface area (Å²) in [4.78, 5) is 43.9. The summed E-state index contributed by atoms with van der Waals surface area (Å²) < 4.78 is 32.7. The molecule has 0 spiro atoms. The zero-order chi connectivity index (χ0) is 30.6. The largest absolute Gasteiger partial charge is 0.496 e. The molecule has 0 aliphatic carbocycles. The molecule has 6 bridgehead atoms. The number of fused-ring (bicyclic) bond motifs is 7. The molecule has 10 nitrogen and oxygen atoms in total. The molecule has 3 aliphatic heterocycles. The maximum atomic E-state index is 15.1. The molecular weight excluding hydrogens is 567 g/mol. The van der Waals surface area contributed by atoms with Crippen LogP contribution < -0.4 is 24.8 Å². The minimum absolute atomic E-state index is 0.149. The van der Waals surface area contributed by atoms with Crippen LogP contribution in [0.1, 0.15) is 32.8 Å². The first kappa shape index (κ1) is 28.8. The number of carbonyl (C=O) groups is 3. The topological polar surface area (TPSA) is 122 Å². The summed E-state index contributed by atoms with van der Waals surface area (Å²) in [5.74, 6) is -0.430. The number of amides is 3. The van der Waals surface area contributed by atoms with Crippen LogP contribution in [0.15, 0.2) is 79.0 Å². The van der Waals surface area contributed by atoms with Crippen molar-refractivity contribution in [1.29, 1.82) is 0 Å². The SMILES string of the molecule is COc1cc2ccc1CNC(=O)COc1cccc(c1)-c1ccc(F)c(c1)C(=O)N[C@@H]1CN(C(=O)c3ccc[nH]3)CC[C@@H]1O2. The Morgan fingerprint density at radius 1 is 1.00 bits per heavy atom. The number of carbonyl (C=O) groups excluding carboxylic acids is 3. The van der Waals surface area contributed by atoms with Gasteiger partial charge in [-0.3, -0.25) is 14.4 Å². The number of halogens is 1. The van der Waals surface area contributed by atoms with Crippen LogP contribution in [-0.2, 0) is 11.3 Å². The van der Waals surface area contributed by atoms with E-state index < -0.39 is 23.9 Å². The number of likely N-dealkylation sites (tertiary alicyclic amines) is 1. The Hall–Kier alpha value is -5.32. The third-order valence-electron chi connectivity index (χ3n) is 7.75. The highest BCUT2D eigenvalue weighted by Gasteiger charge is 2.35. The molecule has 1 aromatic heterocycles. The molecule has 11 heteroatoms. The van der Waals surface area contributed by atoms with Crippen molar-refractivity contribution in [1.82, 2.24) is 20.5 Å². The molecule has 0 radical (unpaired) electrons. The maximum Gasteiger partial charge on any atom is 0.270 e. The molecule has 44 heavy (non-hydrogen) atoms. The maximum absolute atomic E-state index is 15.1. The van der Waals surface area contributed by atoms with E-state index in [-0.39, 0.29) is 37.1 Å². The Morgan fingerprint density at radius 2 is 1.86 bits per heavy atom. The molecule has 4 aromatic rings. The van der Waals surface area contributed by atoms with Gasteiger partial charge in [0.25, 0.3) is 17.7 Å². The second kappa shape index (κ2) is 12.5. The Bertz CT molecular complexity index is 1690. The quantitative estimate of drug-likeness (QED) is 0.322. The van der Waals surface area contributed by atoms with Crippen molar-refractivity contribution >= 4 is 17.7 Å². The van der Waals surface area contributed by atoms with Gasteiger partial charge in [0.15, 0.2) is 6.61 Å². The molecule has 4 heterocycles. The first-order valence-corrected chi connectivity index (χ1v) is 14.2. The van der Waals surface area contributed by atoms with Gasteiger partial charge in [-0.25, -0.2) is 4.39 Å². The van der Waals surface area contributed by atoms with Gasteiger partial charge in [0.05, 0.1) is 18.7 Å². The third-order valence-corrected chi connectivity index (χ3v) is 7.75. The molecule has 1 fully saturated rings. The number of H-pyrrole nitrogens is 1. The number of rotatable bonds is 2. The number of piperidine rings is 1. The van der Waals surface area contributed by atoms with E-state index in [1.165, 1.54) is 19.2 Å². The number of nitrogens with zero attached hydrogens (tertiary/aromatic N) is 1. The highest BCUT2D eigenvalue weighted by atomic mass is 19.1. The van der Waals surface area contributed by atoms with Gasteiger partial charge < -0.3 is 34.7 Å². The molecular formula is C33H31FN4O6.